The first-order chi connectivity index (χ1) is 11.6. The molecule has 2 heterocycles. The summed E-state index contributed by atoms with van der Waals surface area (Å²) in [5.74, 6) is 0.296. The molecule has 0 aliphatic carbocycles. The third-order valence-corrected chi connectivity index (χ3v) is 5.01. The molecule has 6 nitrogen and oxygen atoms in total. The normalized spacial score (nSPS) is 14.4. The number of rotatable bonds is 6. The summed E-state index contributed by atoms with van der Waals surface area (Å²) in [7, 11) is 0. The Bertz CT molecular complexity index is 694. The molecule has 1 aliphatic rings. The van der Waals surface area contributed by atoms with E-state index in [0.29, 0.717) is 5.75 Å². The molecular weight excluding hydrogens is 322 g/mol. The SMILES string of the molecule is CC(C)n1cnnc1SCC(=O)Nc1ccccc1N1CCCC1. The fourth-order valence-electron chi connectivity index (χ4n) is 2.82. The van der Waals surface area contributed by atoms with Gasteiger partial charge in [-0.3, -0.25) is 4.79 Å². The summed E-state index contributed by atoms with van der Waals surface area (Å²) >= 11 is 1.41. The smallest absolute Gasteiger partial charge is 0.234 e. The molecule has 0 unspecified atom stereocenters. The van der Waals surface area contributed by atoms with E-state index < -0.39 is 0 Å². The highest BCUT2D eigenvalue weighted by molar-refractivity contribution is 7.99. The van der Waals surface area contributed by atoms with Gasteiger partial charge in [-0.1, -0.05) is 23.9 Å². The van der Waals surface area contributed by atoms with Crippen molar-refractivity contribution in [2.24, 2.45) is 0 Å². The molecule has 1 fully saturated rings. The monoisotopic (exact) mass is 345 g/mol. The number of carbonyl (C=O) groups excluding carboxylic acids is 1. The Morgan fingerprint density at radius 3 is 2.79 bits per heavy atom. The van der Waals surface area contributed by atoms with Crippen molar-refractivity contribution in [3.05, 3.63) is 30.6 Å². The predicted molar refractivity (Wildman–Crippen MR) is 97.6 cm³/mol. The standard InChI is InChI=1S/C17H23N5OS/c1-13(2)22-12-18-20-17(22)24-11-16(23)19-14-7-3-4-8-15(14)21-9-5-6-10-21/h3-4,7-8,12-13H,5-6,9-11H2,1-2H3,(H,19,23). The molecule has 0 atom stereocenters. The Balaban J connectivity index is 1.62. The molecular formula is C17H23N5OS. The first-order valence-corrected chi connectivity index (χ1v) is 9.30. The summed E-state index contributed by atoms with van der Waals surface area (Å²) in [6, 6.07) is 8.29. The predicted octanol–water partition coefficient (Wildman–Crippen LogP) is 3.19. The van der Waals surface area contributed by atoms with Crippen molar-refractivity contribution in [3.8, 4) is 0 Å². The van der Waals surface area contributed by atoms with Crippen molar-refractivity contribution in [1.82, 2.24) is 14.8 Å². The van der Waals surface area contributed by atoms with Gasteiger partial charge in [-0.25, -0.2) is 0 Å². The number of anilines is 2. The number of hydrogen-bond donors (Lipinski definition) is 1. The minimum atomic E-state index is -0.0232. The number of amides is 1. The Hall–Kier alpha value is -2.02. The van der Waals surface area contributed by atoms with E-state index in [9.17, 15) is 4.79 Å². The second-order valence-electron chi connectivity index (χ2n) is 6.16. The Kier molecular flexibility index (Phi) is 5.40. The number of benzene rings is 1. The van der Waals surface area contributed by atoms with Crippen molar-refractivity contribution >= 4 is 29.0 Å². The van der Waals surface area contributed by atoms with Gasteiger partial charge in [0.05, 0.1) is 17.1 Å². The fourth-order valence-corrected chi connectivity index (χ4v) is 3.66. The summed E-state index contributed by atoms with van der Waals surface area (Å²) in [5, 5.41) is 11.8. The van der Waals surface area contributed by atoms with E-state index in [1.807, 2.05) is 22.8 Å². The molecule has 1 amide bonds. The van der Waals surface area contributed by atoms with Crippen molar-refractivity contribution in [2.75, 3.05) is 29.1 Å². The summed E-state index contributed by atoms with van der Waals surface area (Å²) in [4.78, 5) is 14.7. The zero-order valence-electron chi connectivity index (χ0n) is 14.1. The molecule has 1 aromatic carbocycles. The molecule has 2 aromatic rings. The van der Waals surface area contributed by atoms with Crippen LogP contribution in [-0.2, 0) is 4.79 Å². The van der Waals surface area contributed by atoms with Crippen molar-refractivity contribution < 1.29 is 4.79 Å². The maximum atomic E-state index is 12.3. The van der Waals surface area contributed by atoms with E-state index in [1.165, 1.54) is 24.6 Å². The lowest BCUT2D eigenvalue weighted by Crippen LogP contribution is -2.21. The van der Waals surface area contributed by atoms with Crippen LogP contribution in [-0.4, -0.2) is 39.5 Å². The molecule has 128 valence electrons. The van der Waals surface area contributed by atoms with Gasteiger partial charge >= 0.3 is 0 Å². The lowest BCUT2D eigenvalue weighted by Gasteiger charge is -2.21. The van der Waals surface area contributed by atoms with E-state index in [4.69, 9.17) is 0 Å². The van der Waals surface area contributed by atoms with Crippen molar-refractivity contribution in [3.63, 3.8) is 0 Å². The van der Waals surface area contributed by atoms with Crippen LogP contribution in [0.1, 0.15) is 32.7 Å². The van der Waals surface area contributed by atoms with Crippen LogP contribution in [0.4, 0.5) is 11.4 Å². The van der Waals surface area contributed by atoms with Gasteiger partial charge in [0.25, 0.3) is 0 Å². The quantitative estimate of drug-likeness (QED) is 0.815. The van der Waals surface area contributed by atoms with Gasteiger partial charge in [-0.2, -0.15) is 0 Å². The number of carbonyl (C=O) groups is 1. The average Bonchev–Trinajstić information content (AvgIpc) is 3.25. The molecule has 1 aliphatic heterocycles. The second-order valence-corrected chi connectivity index (χ2v) is 7.11. The zero-order valence-corrected chi connectivity index (χ0v) is 14.9. The Morgan fingerprint density at radius 2 is 2.04 bits per heavy atom. The zero-order chi connectivity index (χ0) is 16.9. The number of aromatic nitrogens is 3. The van der Waals surface area contributed by atoms with Crippen LogP contribution in [0.15, 0.2) is 35.7 Å². The summed E-state index contributed by atoms with van der Waals surface area (Å²) in [5.41, 5.74) is 1.99. The Morgan fingerprint density at radius 1 is 1.29 bits per heavy atom. The first-order valence-electron chi connectivity index (χ1n) is 8.31. The number of nitrogens with zero attached hydrogens (tertiary/aromatic N) is 4. The first kappa shape index (κ1) is 16.8. The highest BCUT2D eigenvalue weighted by atomic mass is 32.2. The topological polar surface area (TPSA) is 63.1 Å². The largest absolute Gasteiger partial charge is 0.370 e. The maximum Gasteiger partial charge on any atom is 0.234 e. The van der Waals surface area contributed by atoms with Crippen LogP contribution in [0.3, 0.4) is 0 Å². The molecule has 3 rings (SSSR count). The average molecular weight is 345 g/mol. The van der Waals surface area contributed by atoms with Crippen molar-refractivity contribution in [2.45, 2.75) is 37.9 Å². The van der Waals surface area contributed by atoms with E-state index >= 15 is 0 Å². The summed E-state index contributed by atoms with van der Waals surface area (Å²) in [6.45, 7) is 6.25. The lowest BCUT2D eigenvalue weighted by atomic mass is 10.2. The van der Waals surface area contributed by atoms with E-state index in [0.717, 1.165) is 29.6 Å². The second kappa shape index (κ2) is 7.70. The minimum Gasteiger partial charge on any atom is -0.370 e. The molecule has 1 N–H and O–H groups in total. The summed E-state index contributed by atoms with van der Waals surface area (Å²) in [6.07, 6.45) is 4.12. The van der Waals surface area contributed by atoms with Gasteiger partial charge in [0, 0.05) is 19.1 Å². The molecule has 0 radical (unpaired) electrons. The van der Waals surface area contributed by atoms with Crippen LogP contribution in [0.25, 0.3) is 0 Å². The molecule has 1 saturated heterocycles. The molecule has 24 heavy (non-hydrogen) atoms. The number of thioether (sulfide) groups is 1. The van der Waals surface area contributed by atoms with Gasteiger partial charge in [0.1, 0.15) is 6.33 Å². The molecule has 0 bridgehead atoms. The molecule has 1 aromatic heterocycles. The van der Waals surface area contributed by atoms with Crippen molar-refractivity contribution in [1.29, 1.82) is 0 Å². The lowest BCUT2D eigenvalue weighted by molar-refractivity contribution is -0.113. The third kappa shape index (κ3) is 3.90. The van der Waals surface area contributed by atoms with Gasteiger partial charge in [-0.05, 0) is 38.8 Å². The minimum absolute atomic E-state index is 0.0232. The van der Waals surface area contributed by atoms with Crippen LogP contribution in [0.2, 0.25) is 0 Å². The molecule has 0 spiro atoms. The van der Waals surface area contributed by atoms with Crippen LogP contribution < -0.4 is 10.2 Å². The number of para-hydroxylation sites is 2. The van der Waals surface area contributed by atoms with Gasteiger partial charge in [0.2, 0.25) is 5.91 Å². The molecule has 0 saturated carbocycles. The maximum absolute atomic E-state index is 12.3. The van der Waals surface area contributed by atoms with Gasteiger partial charge in [-0.15, -0.1) is 10.2 Å². The fraction of sp³-hybridized carbons (Fsp3) is 0.471. The summed E-state index contributed by atoms with van der Waals surface area (Å²) < 4.78 is 1.97. The number of nitrogens with one attached hydrogen (secondary N) is 1. The van der Waals surface area contributed by atoms with Gasteiger partial charge in [0.15, 0.2) is 5.16 Å². The highest BCUT2D eigenvalue weighted by Crippen LogP contribution is 2.29. The van der Waals surface area contributed by atoms with Gasteiger partial charge < -0.3 is 14.8 Å². The van der Waals surface area contributed by atoms with Crippen LogP contribution in [0.5, 0.6) is 0 Å². The third-order valence-electron chi connectivity index (χ3n) is 4.05. The van der Waals surface area contributed by atoms with Crippen LogP contribution in [0, 0.1) is 0 Å². The Labute approximate surface area is 146 Å². The number of hydrogen-bond acceptors (Lipinski definition) is 5. The van der Waals surface area contributed by atoms with Crippen LogP contribution >= 0.6 is 11.8 Å². The molecule has 7 heteroatoms. The van der Waals surface area contributed by atoms with E-state index in [1.54, 1.807) is 6.33 Å². The highest BCUT2D eigenvalue weighted by Gasteiger charge is 2.17. The van der Waals surface area contributed by atoms with E-state index in [2.05, 4.69) is 40.3 Å². The van der Waals surface area contributed by atoms with E-state index in [-0.39, 0.29) is 11.9 Å².